The molecule has 6 nitrogen and oxygen atoms in total. The third-order valence-corrected chi connectivity index (χ3v) is 3.14. The summed E-state index contributed by atoms with van der Waals surface area (Å²) in [5.74, 6) is -1.10. The zero-order valence-electron chi connectivity index (χ0n) is 12.1. The maximum absolute atomic E-state index is 11.3. The topological polar surface area (TPSA) is 79.5 Å². The summed E-state index contributed by atoms with van der Waals surface area (Å²) in [5.41, 5.74) is 4.82. The Balaban J connectivity index is 1.86. The molecule has 0 bridgehead atoms. The van der Waals surface area contributed by atoms with E-state index in [2.05, 4.69) is 15.6 Å². The molecule has 0 fully saturated rings. The van der Waals surface area contributed by atoms with E-state index in [-0.39, 0.29) is 5.69 Å². The van der Waals surface area contributed by atoms with Gasteiger partial charge in [0.15, 0.2) is 5.69 Å². The van der Waals surface area contributed by atoms with Crippen molar-refractivity contribution < 1.29 is 9.90 Å². The van der Waals surface area contributed by atoms with E-state index >= 15 is 0 Å². The Hall–Kier alpha value is -3.41. The van der Waals surface area contributed by atoms with E-state index in [1.54, 1.807) is 6.20 Å². The Labute approximate surface area is 132 Å². The lowest BCUT2D eigenvalue weighted by Crippen LogP contribution is -2.03. The average molecular weight is 306 g/mol. The lowest BCUT2D eigenvalue weighted by atomic mass is 10.2. The fourth-order valence-corrected chi connectivity index (χ4v) is 2.05. The zero-order valence-corrected chi connectivity index (χ0v) is 12.1. The van der Waals surface area contributed by atoms with Gasteiger partial charge < -0.3 is 5.11 Å². The molecule has 1 aromatic heterocycles. The second-order valence-corrected chi connectivity index (χ2v) is 4.75. The van der Waals surface area contributed by atoms with Crippen LogP contribution in [0.3, 0.4) is 0 Å². The minimum atomic E-state index is -1.10. The highest BCUT2D eigenvalue weighted by Crippen LogP contribution is 2.11. The molecule has 0 radical (unpaired) electrons. The van der Waals surface area contributed by atoms with Crippen LogP contribution >= 0.6 is 0 Å². The van der Waals surface area contributed by atoms with Gasteiger partial charge in [-0.05, 0) is 24.3 Å². The predicted molar refractivity (Wildman–Crippen MR) is 88.2 cm³/mol. The normalized spacial score (nSPS) is 10.8. The quantitative estimate of drug-likeness (QED) is 0.561. The van der Waals surface area contributed by atoms with Crippen LogP contribution in [0.25, 0.3) is 5.69 Å². The van der Waals surface area contributed by atoms with Crippen molar-refractivity contribution >= 4 is 17.9 Å². The molecule has 0 aliphatic heterocycles. The van der Waals surface area contributed by atoms with Crippen LogP contribution in [0.4, 0.5) is 5.69 Å². The number of carbonyl (C=O) groups is 1. The number of hydrazone groups is 1. The Morgan fingerprint density at radius 2 is 1.74 bits per heavy atom. The van der Waals surface area contributed by atoms with Gasteiger partial charge in [0.2, 0.25) is 0 Å². The summed E-state index contributed by atoms with van der Waals surface area (Å²) in [6.45, 7) is 0. The number of hydrogen-bond acceptors (Lipinski definition) is 4. The van der Waals surface area contributed by atoms with Crippen molar-refractivity contribution in [2.45, 2.75) is 0 Å². The number of carboxylic acids is 1. The SMILES string of the molecule is O=C(O)c1nn(-c2ccccc2)cc1/C=N/Nc1ccccc1. The van der Waals surface area contributed by atoms with Crippen LogP contribution in [0.15, 0.2) is 72.0 Å². The van der Waals surface area contributed by atoms with Gasteiger partial charge in [-0.25, -0.2) is 9.48 Å². The molecule has 0 saturated carbocycles. The number of aromatic nitrogens is 2. The number of benzene rings is 2. The Bertz CT molecular complexity index is 826. The van der Waals surface area contributed by atoms with Gasteiger partial charge in [0.05, 0.1) is 17.6 Å². The van der Waals surface area contributed by atoms with E-state index in [1.807, 2.05) is 60.7 Å². The predicted octanol–water partition coefficient (Wildman–Crippen LogP) is 3.02. The first-order valence-corrected chi connectivity index (χ1v) is 6.96. The molecule has 3 rings (SSSR count). The number of anilines is 1. The van der Waals surface area contributed by atoms with Gasteiger partial charge in [-0.15, -0.1) is 0 Å². The number of nitrogens with one attached hydrogen (secondary N) is 1. The third kappa shape index (κ3) is 3.44. The highest BCUT2D eigenvalue weighted by molar-refractivity contribution is 5.96. The lowest BCUT2D eigenvalue weighted by Gasteiger charge is -1.98. The average Bonchev–Trinajstić information content (AvgIpc) is 3.01. The molecule has 1 heterocycles. The van der Waals surface area contributed by atoms with Crippen LogP contribution in [0.1, 0.15) is 16.1 Å². The van der Waals surface area contributed by atoms with E-state index in [4.69, 9.17) is 0 Å². The summed E-state index contributed by atoms with van der Waals surface area (Å²) in [6, 6.07) is 18.7. The molecule has 114 valence electrons. The van der Waals surface area contributed by atoms with Crippen molar-refractivity contribution in [2.75, 3.05) is 5.43 Å². The van der Waals surface area contributed by atoms with Gasteiger partial charge in [-0.1, -0.05) is 36.4 Å². The van der Waals surface area contributed by atoms with Gasteiger partial charge in [0.25, 0.3) is 0 Å². The molecule has 0 unspecified atom stereocenters. The standard InChI is InChI=1S/C17H14N4O2/c22-17(23)16-13(11-18-19-14-7-3-1-4-8-14)12-21(20-16)15-9-5-2-6-10-15/h1-12,19H,(H,22,23)/b18-11+. The van der Waals surface area contributed by atoms with Crippen molar-refractivity contribution in [3.05, 3.63) is 78.1 Å². The minimum Gasteiger partial charge on any atom is -0.476 e. The molecule has 0 aliphatic carbocycles. The first-order valence-electron chi connectivity index (χ1n) is 6.96. The number of hydrogen-bond donors (Lipinski definition) is 2. The van der Waals surface area contributed by atoms with Crippen molar-refractivity contribution in [3.63, 3.8) is 0 Å². The number of para-hydroxylation sites is 2. The molecule has 0 saturated heterocycles. The van der Waals surface area contributed by atoms with Gasteiger partial charge in [-0.3, -0.25) is 5.43 Å². The number of rotatable bonds is 5. The van der Waals surface area contributed by atoms with E-state index in [0.717, 1.165) is 11.4 Å². The van der Waals surface area contributed by atoms with Crippen LogP contribution in [-0.4, -0.2) is 27.1 Å². The zero-order chi connectivity index (χ0) is 16.1. The number of nitrogens with zero attached hydrogens (tertiary/aromatic N) is 3. The maximum Gasteiger partial charge on any atom is 0.357 e. The number of carboxylic acid groups (broad SMARTS) is 1. The largest absolute Gasteiger partial charge is 0.476 e. The first-order chi connectivity index (χ1) is 11.2. The fourth-order valence-electron chi connectivity index (χ4n) is 2.05. The van der Waals surface area contributed by atoms with Crippen molar-refractivity contribution in [1.29, 1.82) is 0 Å². The van der Waals surface area contributed by atoms with E-state index in [9.17, 15) is 9.90 Å². The smallest absolute Gasteiger partial charge is 0.357 e. The van der Waals surface area contributed by atoms with E-state index in [1.165, 1.54) is 10.9 Å². The molecule has 0 spiro atoms. The van der Waals surface area contributed by atoms with Crippen LogP contribution in [0.5, 0.6) is 0 Å². The molecular formula is C17H14N4O2. The molecule has 2 aromatic carbocycles. The molecular weight excluding hydrogens is 292 g/mol. The Morgan fingerprint density at radius 1 is 1.09 bits per heavy atom. The van der Waals surface area contributed by atoms with Gasteiger partial charge in [0, 0.05) is 11.8 Å². The molecule has 3 aromatic rings. The Morgan fingerprint density at radius 3 is 2.39 bits per heavy atom. The van der Waals surface area contributed by atoms with Gasteiger partial charge in [-0.2, -0.15) is 10.2 Å². The molecule has 6 heteroatoms. The summed E-state index contributed by atoms with van der Waals surface area (Å²) in [6.07, 6.45) is 3.08. The number of aromatic carboxylic acids is 1. The molecule has 0 atom stereocenters. The Kier molecular flexibility index (Phi) is 4.15. The van der Waals surface area contributed by atoms with Crippen LogP contribution in [0.2, 0.25) is 0 Å². The molecule has 2 N–H and O–H groups in total. The van der Waals surface area contributed by atoms with Gasteiger partial charge in [0.1, 0.15) is 0 Å². The van der Waals surface area contributed by atoms with Crippen LogP contribution < -0.4 is 5.43 Å². The molecule has 23 heavy (non-hydrogen) atoms. The van der Waals surface area contributed by atoms with Crippen molar-refractivity contribution in [3.8, 4) is 5.69 Å². The van der Waals surface area contributed by atoms with Crippen LogP contribution in [-0.2, 0) is 0 Å². The third-order valence-electron chi connectivity index (χ3n) is 3.14. The highest BCUT2D eigenvalue weighted by Gasteiger charge is 2.15. The van der Waals surface area contributed by atoms with Crippen molar-refractivity contribution in [2.24, 2.45) is 5.10 Å². The molecule has 0 aliphatic rings. The summed E-state index contributed by atoms with van der Waals surface area (Å²) < 4.78 is 1.52. The second kappa shape index (κ2) is 6.57. The summed E-state index contributed by atoms with van der Waals surface area (Å²) in [5, 5.41) is 17.5. The van der Waals surface area contributed by atoms with Crippen LogP contribution in [0, 0.1) is 0 Å². The van der Waals surface area contributed by atoms with Gasteiger partial charge >= 0.3 is 5.97 Å². The van der Waals surface area contributed by atoms with Crippen molar-refractivity contribution in [1.82, 2.24) is 9.78 Å². The van der Waals surface area contributed by atoms with E-state index < -0.39 is 5.97 Å². The summed E-state index contributed by atoms with van der Waals surface area (Å²) in [4.78, 5) is 11.3. The minimum absolute atomic E-state index is 0.0486. The lowest BCUT2D eigenvalue weighted by molar-refractivity contribution is 0.0690. The molecule has 0 amide bonds. The summed E-state index contributed by atoms with van der Waals surface area (Å²) >= 11 is 0. The van der Waals surface area contributed by atoms with E-state index in [0.29, 0.717) is 5.56 Å². The fraction of sp³-hybridized carbons (Fsp3) is 0. The monoisotopic (exact) mass is 306 g/mol. The highest BCUT2D eigenvalue weighted by atomic mass is 16.4. The summed E-state index contributed by atoms with van der Waals surface area (Å²) in [7, 11) is 0. The maximum atomic E-state index is 11.3. The second-order valence-electron chi connectivity index (χ2n) is 4.75. The first kappa shape index (κ1) is 14.5.